The van der Waals surface area contributed by atoms with Gasteiger partial charge in [0.2, 0.25) is 0 Å². The van der Waals surface area contributed by atoms with Crippen LogP contribution in [-0.2, 0) is 0 Å². The van der Waals surface area contributed by atoms with E-state index in [1.54, 1.807) is 0 Å². The first-order valence-corrected chi connectivity index (χ1v) is 19.4. The molecule has 11 aromatic rings. The van der Waals surface area contributed by atoms with Gasteiger partial charge in [-0.15, -0.1) is 0 Å². The number of pyridine rings is 1. The lowest BCUT2D eigenvalue weighted by molar-refractivity contribution is 1.05. The van der Waals surface area contributed by atoms with E-state index in [-0.39, 0.29) is 0 Å². The number of nitrogens with zero attached hydrogens (tertiary/aromatic N) is 6. The van der Waals surface area contributed by atoms with Crippen LogP contribution in [0.1, 0.15) is 0 Å². The van der Waals surface area contributed by atoms with Crippen LogP contribution in [0.4, 0.5) is 0 Å². The van der Waals surface area contributed by atoms with Crippen molar-refractivity contribution in [3.8, 4) is 73.4 Å². The smallest absolute Gasteiger partial charge is 0.165 e. The molecule has 0 atom stereocenters. The standard InChI is InChI=1S/C52H34N6/c1-5-17-35(18-6-1)43-31-32-53-52-46(43)54-50(57(52)42-27-11-4-12-28-42)41-26-16-24-39(34-41)38-23-15-25-40(33-38)48-55-49(37-21-9-3-10-22-37)58-47(36-19-7-2-8-20-36)44-29-13-14-30-45(44)51(58)56-48/h1-34H. The highest BCUT2D eigenvalue weighted by Crippen LogP contribution is 2.39. The minimum Gasteiger partial charge on any atom is -0.277 e. The van der Waals surface area contributed by atoms with Crippen molar-refractivity contribution in [2.24, 2.45) is 0 Å². The van der Waals surface area contributed by atoms with E-state index in [2.05, 4.69) is 185 Å². The van der Waals surface area contributed by atoms with Crippen LogP contribution in [0.2, 0.25) is 0 Å². The highest BCUT2D eigenvalue weighted by molar-refractivity contribution is 6.06. The van der Waals surface area contributed by atoms with Crippen molar-refractivity contribution >= 4 is 27.6 Å². The van der Waals surface area contributed by atoms with Crippen molar-refractivity contribution in [1.82, 2.24) is 28.9 Å². The van der Waals surface area contributed by atoms with Gasteiger partial charge in [-0.2, -0.15) is 0 Å². The Hall–Kier alpha value is -7.96. The van der Waals surface area contributed by atoms with Gasteiger partial charge < -0.3 is 0 Å². The van der Waals surface area contributed by atoms with Crippen molar-refractivity contribution < 1.29 is 0 Å². The van der Waals surface area contributed by atoms with Crippen LogP contribution >= 0.6 is 0 Å². The van der Waals surface area contributed by atoms with Gasteiger partial charge in [0, 0.05) is 44.9 Å². The maximum atomic E-state index is 5.36. The zero-order valence-corrected chi connectivity index (χ0v) is 31.3. The molecule has 7 aromatic carbocycles. The predicted molar refractivity (Wildman–Crippen MR) is 236 cm³/mol. The zero-order chi connectivity index (χ0) is 38.4. The van der Waals surface area contributed by atoms with E-state index in [4.69, 9.17) is 19.9 Å². The van der Waals surface area contributed by atoms with Gasteiger partial charge in [0.15, 0.2) is 11.5 Å². The second-order valence-electron chi connectivity index (χ2n) is 14.3. The highest BCUT2D eigenvalue weighted by Gasteiger charge is 2.22. The molecule has 0 saturated carbocycles. The van der Waals surface area contributed by atoms with Crippen molar-refractivity contribution in [3.63, 3.8) is 0 Å². The fourth-order valence-electron chi connectivity index (χ4n) is 8.13. The Morgan fingerprint density at radius 1 is 0.362 bits per heavy atom. The number of hydrogen-bond donors (Lipinski definition) is 0. The summed E-state index contributed by atoms with van der Waals surface area (Å²) < 4.78 is 4.39. The van der Waals surface area contributed by atoms with E-state index in [9.17, 15) is 0 Å². The first kappa shape index (κ1) is 33.4. The first-order valence-electron chi connectivity index (χ1n) is 19.4. The Morgan fingerprint density at radius 3 is 1.62 bits per heavy atom. The molecule has 0 fully saturated rings. The molecular weight excluding hydrogens is 709 g/mol. The molecule has 6 heteroatoms. The molecule has 0 bridgehead atoms. The van der Waals surface area contributed by atoms with Gasteiger partial charge >= 0.3 is 0 Å². The maximum Gasteiger partial charge on any atom is 0.165 e. The molecule has 0 saturated heterocycles. The van der Waals surface area contributed by atoms with E-state index in [1.165, 1.54) is 0 Å². The summed E-state index contributed by atoms with van der Waals surface area (Å²) in [6.45, 7) is 0. The SMILES string of the molecule is c1ccc(-c2ccnc3c2nc(-c2cccc(-c4cccc(-c5nc(-c6ccccc6)n6c(-c7ccccc7)c7ccccc7c6n5)c4)c2)n3-c2ccccc2)cc1. The number of imidazole rings is 1. The van der Waals surface area contributed by atoms with Gasteiger partial charge in [0.1, 0.15) is 22.8 Å². The van der Waals surface area contributed by atoms with Crippen molar-refractivity contribution in [2.45, 2.75) is 0 Å². The van der Waals surface area contributed by atoms with Crippen molar-refractivity contribution in [1.29, 1.82) is 0 Å². The van der Waals surface area contributed by atoms with Gasteiger partial charge in [0.05, 0.1) is 5.69 Å². The number of hydrogen-bond acceptors (Lipinski definition) is 4. The van der Waals surface area contributed by atoms with E-state index < -0.39 is 0 Å². The molecule has 0 unspecified atom stereocenters. The van der Waals surface area contributed by atoms with Gasteiger partial charge in [-0.25, -0.2) is 19.9 Å². The number of aromatic nitrogens is 6. The lowest BCUT2D eigenvalue weighted by atomic mass is 10.0. The van der Waals surface area contributed by atoms with Crippen molar-refractivity contribution in [3.05, 3.63) is 206 Å². The minimum absolute atomic E-state index is 0.664. The van der Waals surface area contributed by atoms with Gasteiger partial charge in [-0.3, -0.25) is 8.97 Å². The molecule has 0 aliphatic heterocycles. The fourth-order valence-corrected chi connectivity index (χ4v) is 8.13. The van der Waals surface area contributed by atoms with E-state index in [0.29, 0.717) is 5.82 Å². The summed E-state index contributed by atoms with van der Waals surface area (Å²) >= 11 is 0. The maximum absolute atomic E-state index is 5.36. The van der Waals surface area contributed by atoms with Crippen LogP contribution in [0.15, 0.2) is 206 Å². The largest absolute Gasteiger partial charge is 0.277 e. The molecule has 0 radical (unpaired) electrons. The quantitative estimate of drug-likeness (QED) is 0.163. The Bertz CT molecular complexity index is 3260. The van der Waals surface area contributed by atoms with Gasteiger partial charge in [-0.05, 0) is 52.6 Å². The summed E-state index contributed by atoms with van der Waals surface area (Å²) in [7, 11) is 0. The summed E-state index contributed by atoms with van der Waals surface area (Å²) in [5.41, 5.74) is 12.9. The molecule has 0 N–H and O–H groups in total. The highest BCUT2D eigenvalue weighted by atomic mass is 15.1. The zero-order valence-electron chi connectivity index (χ0n) is 31.3. The molecule has 272 valence electrons. The molecular formula is C52H34N6. The summed E-state index contributed by atoms with van der Waals surface area (Å²) in [4.78, 5) is 20.9. The van der Waals surface area contributed by atoms with Crippen LogP contribution in [-0.4, -0.2) is 28.9 Å². The second-order valence-corrected chi connectivity index (χ2v) is 14.3. The first-order chi connectivity index (χ1) is 28.8. The molecule has 6 nitrogen and oxygen atoms in total. The minimum atomic E-state index is 0.664. The number of fused-ring (bicyclic) bond motifs is 4. The van der Waals surface area contributed by atoms with Gasteiger partial charge in [0.25, 0.3) is 0 Å². The third-order valence-electron chi connectivity index (χ3n) is 10.8. The molecule has 0 amide bonds. The van der Waals surface area contributed by atoms with Gasteiger partial charge in [-0.1, -0.05) is 170 Å². The Morgan fingerprint density at radius 2 is 0.914 bits per heavy atom. The molecule has 0 aliphatic rings. The third-order valence-corrected chi connectivity index (χ3v) is 10.8. The molecule has 58 heavy (non-hydrogen) atoms. The number of rotatable bonds is 7. The topological polar surface area (TPSA) is 60.9 Å². The number of benzene rings is 7. The summed E-state index contributed by atoms with van der Waals surface area (Å²) in [6, 6.07) is 69.3. The summed E-state index contributed by atoms with van der Waals surface area (Å²) in [5.74, 6) is 2.33. The van der Waals surface area contributed by atoms with Crippen LogP contribution < -0.4 is 0 Å². The van der Waals surface area contributed by atoms with Crippen LogP contribution in [0.3, 0.4) is 0 Å². The Kier molecular flexibility index (Phi) is 8.04. The molecule has 0 spiro atoms. The average Bonchev–Trinajstić information content (AvgIpc) is 3.87. The van der Waals surface area contributed by atoms with E-state index in [1.807, 2.05) is 30.5 Å². The fraction of sp³-hybridized carbons (Fsp3) is 0. The lowest BCUT2D eigenvalue weighted by Crippen LogP contribution is -2.03. The predicted octanol–water partition coefficient (Wildman–Crippen LogP) is 12.6. The summed E-state index contributed by atoms with van der Waals surface area (Å²) in [5, 5.41) is 2.22. The van der Waals surface area contributed by atoms with Crippen LogP contribution in [0.5, 0.6) is 0 Å². The third kappa shape index (κ3) is 5.66. The van der Waals surface area contributed by atoms with Crippen molar-refractivity contribution in [2.75, 3.05) is 0 Å². The molecule has 0 aliphatic carbocycles. The van der Waals surface area contributed by atoms with Crippen LogP contribution in [0.25, 0.3) is 101 Å². The average molecular weight is 743 g/mol. The molecule has 11 rings (SSSR count). The monoisotopic (exact) mass is 742 g/mol. The molecule has 4 aromatic heterocycles. The van der Waals surface area contributed by atoms with E-state index in [0.717, 1.165) is 95.1 Å². The second kappa shape index (κ2) is 14.0. The molecule has 4 heterocycles. The summed E-state index contributed by atoms with van der Waals surface area (Å²) in [6.07, 6.45) is 1.87. The lowest BCUT2D eigenvalue weighted by Gasteiger charge is -2.13. The normalized spacial score (nSPS) is 11.4. The van der Waals surface area contributed by atoms with E-state index >= 15 is 0 Å². The van der Waals surface area contributed by atoms with Crippen LogP contribution in [0, 0.1) is 0 Å². The Balaban J connectivity index is 1.07. The Labute approximate surface area is 335 Å². The number of para-hydroxylation sites is 1.